The standard InChI is InChI=1S/C31H29N3O2S2/c1-21(2)36-26-14-15-27(22(3)18-26)29-24(20-34(32-29)25-12-8-5-9-13-25)19-28-30(35)33(31(37)38-28)17-16-23-10-6-4-7-11-23/h4-15,18-21H,16-17H2,1-3H3. The van der Waals surface area contributed by atoms with E-state index in [0.717, 1.165) is 40.2 Å². The number of hydrogen-bond acceptors (Lipinski definition) is 5. The first-order valence-electron chi connectivity index (χ1n) is 12.6. The Hall–Kier alpha value is -3.68. The average molecular weight is 540 g/mol. The molecule has 1 aliphatic rings. The highest BCUT2D eigenvalue weighted by Crippen LogP contribution is 2.36. The molecule has 5 nitrogen and oxygen atoms in total. The fraction of sp³-hybridized carbons (Fsp3) is 0.194. The minimum Gasteiger partial charge on any atom is -0.491 e. The van der Waals surface area contributed by atoms with Gasteiger partial charge in [-0.25, -0.2) is 4.68 Å². The van der Waals surface area contributed by atoms with Crippen molar-refractivity contribution in [2.45, 2.75) is 33.3 Å². The lowest BCUT2D eigenvalue weighted by Crippen LogP contribution is -2.30. The molecule has 2 heterocycles. The van der Waals surface area contributed by atoms with E-state index in [1.165, 1.54) is 17.3 Å². The van der Waals surface area contributed by atoms with Gasteiger partial charge in [-0.15, -0.1) is 0 Å². The molecule has 0 atom stereocenters. The third-order valence-electron chi connectivity index (χ3n) is 6.22. The summed E-state index contributed by atoms with van der Waals surface area (Å²) in [4.78, 5) is 15.7. The minimum atomic E-state index is -0.0632. The molecule has 0 saturated carbocycles. The number of hydrogen-bond donors (Lipinski definition) is 0. The molecule has 192 valence electrons. The molecular weight excluding hydrogens is 510 g/mol. The van der Waals surface area contributed by atoms with E-state index in [1.807, 2.05) is 97.5 Å². The second-order valence-corrected chi connectivity index (χ2v) is 11.1. The maximum Gasteiger partial charge on any atom is 0.266 e. The summed E-state index contributed by atoms with van der Waals surface area (Å²) in [5, 5.41) is 4.95. The van der Waals surface area contributed by atoms with Crippen LogP contribution in [0.5, 0.6) is 5.75 Å². The fourth-order valence-corrected chi connectivity index (χ4v) is 5.68. The van der Waals surface area contributed by atoms with Gasteiger partial charge in [0.15, 0.2) is 0 Å². The van der Waals surface area contributed by atoms with Crippen molar-refractivity contribution in [2.24, 2.45) is 0 Å². The molecule has 0 radical (unpaired) electrons. The zero-order valence-corrected chi connectivity index (χ0v) is 23.3. The summed E-state index contributed by atoms with van der Waals surface area (Å²) < 4.78 is 8.33. The Morgan fingerprint density at radius 3 is 2.42 bits per heavy atom. The normalized spacial score (nSPS) is 14.6. The van der Waals surface area contributed by atoms with Gasteiger partial charge >= 0.3 is 0 Å². The third-order valence-corrected chi connectivity index (χ3v) is 7.59. The van der Waals surface area contributed by atoms with Gasteiger partial charge < -0.3 is 4.74 Å². The number of ether oxygens (including phenoxy) is 1. The van der Waals surface area contributed by atoms with Crippen LogP contribution >= 0.6 is 24.0 Å². The van der Waals surface area contributed by atoms with Crippen LogP contribution in [0.2, 0.25) is 0 Å². The summed E-state index contributed by atoms with van der Waals surface area (Å²) in [7, 11) is 0. The third kappa shape index (κ3) is 5.74. The number of benzene rings is 3. The summed E-state index contributed by atoms with van der Waals surface area (Å²) >= 11 is 6.94. The topological polar surface area (TPSA) is 47.4 Å². The largest absolute Gasteiger partial charge is 0.491 e. The molecule has 38 heavy (non-hydrogen) atoms. The maximum atomic E-state index is 13.4. The van der Waals surface area contributed by atoms with Crippen molar-refractivity contribution < 1.29 is 9.53 Å². The van der Waals surface area contributed by atoms with Crippen molar-refractivity contribution >= 4 is 40.3 Å². The van der Waals surface area contributed by atoms with Crippen LogP contribution in [0.25, 0.3) is 23.0 Å². The van der Waals surface area contributed by atoms with Gasteiger partial charge in [-0.2, -0.15) is 5.10 Å². The average Bonchev–Trinajstić information content (AvgIpc) is 3.44. The summed E-state index contributed by atoms with van der Waals surface area (Å²) in [5.41, 5.74) is 5.82. The Morgan fingerprint density at radius 1 is 1.03 bits per heavy atom. The van der Waals surface area contributed by atoms with Gasteiger partial charge in [-0.3, -0.25) is 9.69 Å². The number of nitrogens with zero attached hydrogens (tertiary/aromatic N) is 3. The molecule has 1 aromatic heterocycles. The van der Waals surface area contributed by atoms with E-state index in [2.05, 4.69) is 19.1 Å². The number of aromatic nitrogens is 2. The van der Waals surface area contributed by atoms with Gasteiger partial charge in [0.1, 0.15) is 15.8 Å². The van der Waals surface area contributed by atoms with Gasteiger partial charge in [0.25, 0.3) is 5.91 Å². The van der Waals surface area contributed by atoms with Gasteiger partial charge in [0, 0.05) is 23.9 Å². The van der Waals surface area contributed by atoms with Gasteiger partial charge in [-0.1, -0.05) is 72.5 Å². The maximum absolute atomic E-state index is 13.4. The zero-order chi connectivity index (χ0) is 26.6. The molecule has 0 unspecified atom stereocenters. The monoisotopic (exact) mass is 539 g/mol. The number of thiocarbonyl (C=S) groups is 1. The minimum absolute atomic E-state index is 0.0632. The number of para-hydroxylation sites is 1. The molecule has 3 aromatic carbocycles. The number of amides is 1. The molecule has 1 amide bonds. The van der Waals surface area contributed by atoms with E-state index in [0.29, 0.717) is 15.8 Å². The van der Waals surface area contributed by atoms with E-state index in [9.17, 15) is 4.79 Å². The van der Waals surface area contributed by atoms with Crippen LogP contribution in [-0.4, -0.2) is 37.6 Å². The van der Waals surface area contributed by atoms with Crippen molar-refractivity contribution in [1.82, 2.24) is 14.7 Å². The SMILES string of the molecule is Cc1cc(OC(C)C)ccc1-c1nn(-c2ccccc2)cc1C=C1SC(=S)N(CCc2ccccc2)C1=O. The number of carbonyl (C=O) groups excluding carboxylic acids is 1. The summed E-state index contributed by atoms with van der Waals surface area (Å²) in [5.74, 6) is 0.760. The van der Waals surface area contributed by atoms with Crippen LogP contribution in [0.3, 0.4) is 0 Å². The highest BCUT2D eigenvalue weighted by Gasteiger charge is 2.32. The van der Waals surface area contributed by atoms with Crippen molar-refractivity contribution in [1.29, 1.82) is 0 Å². The second kappa shape index (κ2) is 11.4. The molecule has 0 N–H and O–H groups in total. The Bertz CT molecular complexity index is 1490. The molecule has 0 aliphatic carbocycles. The Labute approximate surface area is 233 Å². The lowest BCUT2D eigenvalue weighted by Gasteiger charge is -2.14. The molecule has 1 fully saturated rings. The van der Waals surface area contributed by atoms with Crippen LogP contribution in [0.1, 0.15) is 30.5 Å². The predicted octanol–water partition coefficient (Wildman–Crippen LogP) is 7.08. The first kappa shape index (κ1) is 25.9. The summed E-state index contributed by atoms with van der Waals surface area (Å²) in [6.45, 7) is 6.63. The van der Waals surface area contributed by atoms with E-state index in [4.69, 9.17) is 22.1 Å². The quantitative estimate of drug-likeness (QED) is 0.177. The van der Waals surface area contributed by atoms with Crippen LogP contribution in [0.4, 0.5) is 0 Å². The van der Waals surface area contributed by atoms with Gasteiger partial charge in [-0.05, 0) is 74.7 Å². The predicted molar refractivity (Wildman–Crippen MR) is 160 cm³/mol. The summed E-state index contributed by atoms with van der Waals surface area (Å²) in [6, 6.07) is 26.1. The van der Waals surface area contributed by atoms with Crippen molar-refractivity contribution in [3.8, 4) is 22.7 Å². The Kier molecular flexibility index (Phi) is 7.77. The van der Waals surface area contributed by atoms with E-state index in [-0.39, 0.29) is 12.0 Å². The molecular formula is C31H29N3O2S2. The van der Waals surface area contributed by atoms with E-state index >= 15 is 0 Å². The zero-order valence-electron chi connectivity index (χ0n) is 21.6. The highest BCUT2D eigenvalue weighted by molar-refractivity contribution is 8.26. The van der Waals surface area contributed by atoms with Crippen LogP contribution in [-0.2, 0) is 11.2 Å². The van der Waals surface area contributed by atoms with E-state index in [1.54, 1.807) is 4.90 Å². The van der Waals surface area contributed by atoms with Gasteiger partial charge in [0.05, 0.1) is 16.7 Å². The number of aryl methyl sites for hydroxylation is 1. The first-order valence-corrected chi connectivity index (χ1v) is 13.8. The lowest BCUT2D eigenvalue weighted by atomic mass is 10.0. The Morgan fingerprint density at radius 2 is 1.74 bits per heavy atom. The fourth-order valence-electron chi connectivity index (χ4n) is 4.38. The molecule has 0 bridgehead atoms. The Balaban J connectivity index is 1.49. The second-order valence-electron chi connectivity index (χ2n) is 9.43. The summed E-state index contributed by atoms with van der Waals surface area (Å²) in [6.07, 6.45) is 4.74. The van der Waals surface area contributed by atoms with Gasteiger partial charge in [0.2, 0.25) is 0 Å². The molecule has 1 saturated heterocycles. The molecule has 5 rings (SSSR count). The van der Waals surface area contributed by atoms with Crippen LogP contribution in [0, 0.1) is 6.92 Å². The lowest BCUT2D eigenvalue weighted by molar-refractivity contribution is -0.122. The van der Waals surface area contributed by atoms with Crippen LogP contribution in [0.15, 0.2) is 90.0 Å². The van der Waals surface area contributed by atoms with Crippen molar-refractivity contribution in [3.05, 3.63) is 107 Å². The van der Waals surface area contributed by atoms with E-state index < -0.39 is 0 Å². The van der Waals surface area contributed by atoms with Crippen LogP contribution < -0.4 is 4.74 Å². The number of rotatable bonds is 8. The number of thioether (sulfide) groups is 1. The highest BCUT2D eigenvalue weighted by atomic mass is 32.2. The molecule has 0 spiro atoms. The molecule has 1 aliphatic heterocycles. The number of carbonyl (C=O) groups is 1. The smallest absolute Gasteiger partial charge is 0.266 e. The van der Waals surface area contributed by atoms with Crippen molar-refractivity contribution in [3.63, 3.8) is 0 Å². The first-order chi connectivity index (χ1) is 18.4. The molecule has 4 aromatic rings. The molecule has 7 heteroatoms. The van der Waals surface area contributed by atoms with Crippen molar-refractivity contribution in [2.75, 3.05) is 6.54 Å².